The zero-order chi connectivity index (χ0) is 14.9. The van der Waals surface area contributed by atoms with Gasteiger partial charge < -0.3 is 0 Å². The highest BCUT2D eigenvalue weighted by atomic mass is 35.5. The summed E-state index contributed by atoms with van der Waals surface area (Å²) in [6.45, 7) is 0. The maximum atomic E-state index is 12.9. The zero-order valence-corrected chi connectivity index (χ0v) is 11.4. The maximum Gasteiger partial charge on any atom is 0.417 e. The number of carbonyl (C=O) groups is 1. The van der Waals surface area contributed by atoms with Gasteiger partial charge in [-0.25, -0.2) is 0 Å². The molecule has 20 heavy (non-hydrogen) atoms. The second-order valence-electron chi connectivity index (χ2n) is 4.00. The lowest BCUT2D eigenvalue weighted by Crippen LogP contribution is -2.14. The molecule has 0 bridgehead atoms. The minimum atomic E-state index is -4.61. The normalized spacial score (nSPS) is 11.4. The van der Waals surface area contributed by atoms with Crippen LogP contribution in [-0.4, -0.2) is 5.78 Å². The second kappa shape index (κ2) is 5.46. The number of ketones is 1. The summed E-state index contributed by atoms with van der Waals surface area (Å²) in [5.74, 6) is -0.814. The van der Waals surface area contributed by atoms with Gasteiger partial charge in [0, 0.05) is 16.1 Å². The van der Waals surface area contributed by atoms with E-state index in [1.165, 1.54) is 30.3 Å². The van der Waals surface area contributed by atoms with E-state index in [-0.39, 0.29) is 15.6 Å². The van der Waals surface area contributed by atoms with Gasteiger partial charge in [0.15, 0.2) is 5.78 Å². The summed E-state index contributed by atoms with van der Waals surface area (Å²) in [6, 6.07) is 8.62. The van der Waals surface area contributed by atoms with Gasteiger partial charge in [-0.1, -0.05) is 41.4 Å². The fraction of sp³-hybridized carbons (Fsp3) is 0.0714. The maximum absolute atomic E-state index is 12.9. The molecule has 2 aromatic rings. The average molecular weight is 319 g/mol. The molecule has 0 saturated carbocycles. The first-order chi connectivity index (χ1) is 9.30. The molecule has 0 amide bonds. The molecule has 0 heterocycles. The van der Waals surface area contributed by atoms with E-state index >= 15 is 0 Å². The van der Waals surface area contributed by atoms with Crippen LogP contribution in [0.5, 0.6) is 0 Å². The Hall–Kier alpha value is -1.52. The topological polar surface area (TPSA) is 17.1 Å². The molecule has 0 aliphatic carbocycles. The molecule has 0 atom stereocenters. The minimum absolute atomic E-state index is 0.0522. The van der Waals surface area contributed by atoms with Gasteiger partial charge in [0.25, 0.3) is 0 Å². The second-order valence-corrected chi connectivity index (χ2v) is 4.84. The molecule has 0 saturated heterocycles. The van der Waals surface area contributed by atoms with Gasteiger partial charge in [-0.15, -0.1) is 0 Å². The highest BCUT2D eigenvalue weighted by molar-refractivity contribution is 6.36. The third kappa shape index (κ3) is 2.97. The predicted octanol–water partition coefficient (Wildman–Crippen LogP) is 5.24. The van der Waals surface area contributed by atoms with Crippen molar-refractivity contribution in [3.8, 4) is 0 Å². The standard InChI is InChI=1S/C14H7Cl2F3O/c15-8-5-6-12(16)10(7-8)13(20)9-3-1-2-4-11(9)14(17,18)19/h1-7H. The third-order valence-electron chi connectivity index (χ3n) is 2.65. The van der Waals surface area contributed by atoms with Crippen LogP contribution in [0.25, 0.3) is 0 Å². The fourth-order valence-electron chi connectivity index (χ4n) is 1.74. The molecule has 0 aliphatic rings. The molecule has 2 rings (SSSR count). The van der Waals surface area contributed by atoms with Gasteiger partial charge >= 0.3 is 6.18 Å². The van der Waals surface area contributed by atoms with Crippen LogP contribution >= 0.6 is 23.2 Å². The summed E-state index contributed by atoms with van der Waals surface area (Å²) in [7, 11) is 0. The molecule has 2 aromatic carbocycles. The molecule has 0 fully saturated rings. The van der Waals surface area contributed by atoms with E-state index in [0.717, 1.165) is 12.1 Å². The largest absolute Gasteiger partial charge is 0.417 e. The van der Waals surface area contributed by atoms with E-state index in [1.807, 2.05) is 0 Å². The van der Waals surface area contributed by atoms with Crippen molar-refractivity contribution in [3.05, 3.63) is 69.2 Å². The number of benzene rings is 2. The summed E-state index contributed by atoms with van der Waals surface area (Å²) in [6.07, 6.45) is -4.61. The Morgan fingerprint density at radius 1 is 0.950 bits per heavy atom. The molecular weight excluding hydrogens is 312 g/mol. The fourth-order valence-corrected chi connectivity index (χ4v) is 2.12. The number of alkyl halides is 3. The highest BCUT2D eigenvalue weighted by Gasteiger charge is 2.35. The Bertz CT molecular complexity index is 666. The number of hydrogen-bond donors (Lipinski definition) is 0. The van der Waals surface area contributed by atoms with E-state index in [2.05, 4.69) is 0 Å². The summed E-state index contributed by atoms with van der Waals surface area (Å²) >= 11 is 11.6. The van der Waals surface area contributed by atoms with Crippen LogP contribution < -0.4 is 0 Å². The summed E-state index contributed by atoms with van der Waals surface area (Å²) in [4.78, 5) is 12.2. The van der Waals surface area contributed by atoms with Gasteiger partial charge in [-0.2, -0.15) is 13.2 Å². The van der Waals surface area contributed by atoms with Crippen LogP contribution in [0.1, 0.15) is 21.5 Å². The van der Waals surface area contributed by atoms with Crippen molar-refractivity contribution in [2.75, 3.05) is 0 Å². The van der Waals surface area contributed by atoms with Crippen molar-refractivity contribution >= 4 is 29.0 Å². The molecule has 6 heteroatoms. The third-order valence-corrected chi connectivity index (χ3v) is 3.21. The number of carbonyl (C=O) groups excluding carboxylic acids is 1. The lowest BCUT2D eigenvalue weighted by molar-refractivity contribution is -0.137. The van der Waals surface area contributed by atoms with Gasteiger partial charge in [-0.05, 0) is 24.3 Å². The first-order valence-electron chi connectivity index (χ1n) is 5.46. The SMILES string of the molecule is O=C(c1cc(Cl)ccc1Cl)c1ccccc1C(F)(F)F. The van der Waals surface area contributed by atoms with Crippen molar-refractivity contribution in [3.63, 3.8) is 0 Å². The van der Waals surface area contributed by atoms with Crippen LogP contribution in [0.4, 0.5) is 13.2 Å². The molecule has 104 valence electrons. The van der Waals surface area contributed by atoms with Gasteiger partial charge in [0.2, 0.25) is 0 Å². The van der Waals surface area contributed by atoms with Crippen LogP contribution in [0.15, 0.2) is 42.5 Å². The van der Waals surface area contributed by atoms with Crippen LogP contribution in [-0.2, 0) is 6.18 Å². The summed E-state index contributed by atoms with van der Waals surface area (Å²) in [5.41, 5.74) is -1.51. The van der Waals surface area contributed by atoms with E-state index in [0.29, 0.717) is 0 Å². The van der Waals surface area contributed by atoms with Crippen molar-refractivity contribution in [1.29, 1.82) is 0 Å². The Kier molecular flexibility index (Phi) is 4.06. The first kappa shape index (κ1) is 14.9. The molecule has 0 aromatic heterocycles. The Balaban J connectivity index is 2.57. The lowest BCUT2D eigenvalue weighted by Gasteiger charge is -2.12. The Morgan fingerprint density at radius 3 is 2.25 bits per heavy atom. The molecule has 0 N–H and O–H groups in total. The van der Waals surface area contributed by atoms with Gasteiger partial charge in [-0.3, -0.25) is 4.79 Å². The molecule has 0 radical (unpaired) electrons. The lowest BCUT2D eigenvalue weighted by atomic mass is 9.98. The summed E-state index contributed by atoms with van der Waals surface area (Å²) in [5, 5.41) is 0.276. The van der Waals surface area contributed by atoms with E-state index in [9.17, 15) is 18.0 Å². The van der Waals surface area contributed by atoms with E-state index < -0.39 is 23.1 Å². The molecule has 0 spiro atoms. The minimum Gasteiger partial charge on any atom is -0.289 e. The average Bonchev–Trinajstić information content (AvgIpc) is 2.40. The Morgan fingerprint density at radius 2 is 1.60 bits per heavy atom. The van der Waals surface area contributed by atoms with Crippen LogP contribution in [0.2, 0.25) is 10.0 Å². The van der Waals surface area contributed by atoms with Crippen molar-refractivity contribution < 1.29 is 18.0 Å². The quantitative estimate of drug-likeness (QED) is 0.692. The smallest absolute Gasteiger partial charge is 0.289 e. The van der Waals surface area contributed by atoms with Crippen molar-refractivity contribution in [2.24, 2.45) is 0 Å². The van der Waals surface area contributed by atoms with Crippen LogP contribution in [0.3, 0.4) is 0 Å². The van der Waals surface area contributed by atoms with Crippen molar-refractivity contribution in [2.45, 2.75) is 6.18 Å². The predicted molar refractivity (Wildman–Crippen MR) is 71.3 cm³/mol. The first-order valence-corrected chi connectivity index (χ1v) is 6.22. The molecule has 0 aliphatic heterocycles. The van der Waals surface area contributed by atoms with Gasteiger partial charge in [0.05, 0.1) is 10.6 Å². The van der Waals surface area contributed by atoms with E-state index in [4.69, 9.17) is 23.2 Å². The highest BCUT2D eigenvalue weighted by Crippen LogP contribution is 2.34. The number of hydrogen-bond acceptors (Lipinski definition) is 1. The summed E-state index contributed by atoms with van der Waals surface area (Å²) < 4.78 is 38.7. The molecule has 1 nitrogen and oxygen atoms in total. The molecule has 0 unspecified atom stereocenters. The van der Waals surface area contributed by atoms with Crippen molar-refractivity contribution in [1.82, 2.24) is 0 Å². The van der Waals surface area contributed by atoms with E-state index in [1.54, 1.807) is 0 Å². The zero-order valence-electron chi connectivity index (χ0n) is 9.84. The van der Waals surface area contributed by atoms with Gasteiger partial charge in [0.1, 0.15) is 0 Å². The number of halogens is 5. The number of rotatable bonds is 2. The van der Waals surface area contributed by atoms with Crippen LogP contribution in [0, 0.1) is 0 Å². The molecular formula is C14H7Cl2F3O. The Labute approximate surface area is 122 Å². The monoisotopic (exact) mass is 318 g/mol.